The van der Waals surface area contributed by atoms with E-state index in [1.807, 2.05) is 47.0 Å². The average molecular weight is 518 g/mol. The number of aromatic nitrogens is 3. The zero-order chi connectivity index (χ0) is 23.1. The molecule has 34 heavy (non-hydrogen) atoms. The van der Waals surface area contributed by atoms with Crippen LogP contribution in [0, 0.1) is 0 Å². The molecule has 1 saturated heterocycles. The number of rotatable bonds is 5. The van der Waals surface area contributed by atoms with E-state index in [0.717, 1.165) is 59.5 Å². The molecule has 172 valence electrons. The summed E-state index contributed by atoms with van der Waals surface area (Å²) in [7, 11) is 0. The first-order valence-corrected chi connectivity index (χ1v) is 12.2. The van der Waals surface area contributed by atoms with Crippen LogP contribution < -0.4 is 5.32 Å². The van der Waals surface area contributed by atoms with Crippen LogP contribution in [0.3, 0.4) is 0 Å². The molecule has 0 bridgehead atoms. The molecule has 6 rings (SSSR count). The number of benzene rings is 2. The number of nitrogens with zero attached hydrogens (tertiary/aromatic N) is 4. The molecule has 0 aliphatic carbocycles. The Bertz CT molecular complexity index is 1440. The molecule has 8 heteroatoms. The van der Waals surface area contributed by atoms with Gasteiger partial charge in [0.2, 0.25) is 0 Å². The second-order valence-corrected chi connectivity index (χ2v) is 9.57. The first-order valence-electron chi connectivity index (χ1n) is 11.4. The van der Waals surface area contributed by atoms with E-state index in [1.54, 1.807) is 12.3 Å². The summed E-state index contributed by atoms with van der Waals surface area (Å²) in [4.78, 5) is 7.17. The van der Waals surface area contributed by atoms with Gasteiger partial charge in [0.05, 0.1) is 22.9 Å². The van der Waals surface area contributed by atoms with E-state index < -0.39 is 0 Å². The third kappa shape index (κ3) is 4.03. The van der Waals surface area contributed by atoms with Crippen LogP contribution in [0.25, 0.3) is 27.9 Å². The van der Waals surface area contributed by atoms with Crippen molar-refractivity contribution in [2.45, 2.75) is 25.4 Å². The number of furan rings is 1. The lowest BCUT2D eigenvalue weighted by molar-refractivity contribution is 0.198. The van der Waals surface area contributed by atoms with E-state index >= 15 is 0 Å². The topological polar surface area (TPSA) is 78.8 Å². The highest BCUT2D eigenvalue weighted by molar-refractivity contribution is 9.10. The van der Waals surface area contributed by atoms with Crippen LogP contribution in [0.15, 0.2) is 75.8 Å². The lowest BCUT2D eigenvalue weighted by Gasteiger charge is -2.32. The second-order valence-electron chi connectivity index (χ2n) is 8.72. The summed E-state index contributed by atoms with van der Waals surface area (Å²) in [6.07, 6.45) is 3.77. The average Bonchev–Trinajstić information content (AvgIpc) is 3.43. The molecule has 7 nitrogen and oxygen atoms in total. The Morgan fingerprint density at radius 1 is 1.06 bits per heavy atom. The zero-order valence-corrected chi connectivity index (χ0v) is 20.1. The third-order valence-electron chi connectivity index (χ3n) is 6.40. The van der Waals surface area contributed by atoms with Crippen molar-refractivity contribution < 1.29 is 9.52 Å². The number of anilines is 1. The Labute approximate surface area is 205 Å². The van der Waals surface area contributed by atoms with Crippen LogP contribution in [0.5, 0.6) is 5.75 Å². The van der Waals surface area contributed by atoms with Crippen molar-refractivity contribution >= 4 is 38.4 Å². The lowest BCUT2D eigenvalue weighted by Crippen LogP contribution is -2.38. The molecule has 3 aromatic heterocycles. The van der Waals surface area contributed by atoms with Gasteiger partial charge in [0.1, 0.15) is 22.9 Å². The Balaban J connectivity index is 1.19. The monoisotopic (exact) mass is 517 g/mol. The standard InChI is InChI=1S/C26H24BrN5O2/c27-21-15-28-32-25(14-22(30-26(21)32)20-6-2-3-7-23(20)33)29-18-9-11-31(12-10-18)16-19-13-17-5-1-4-8-24(17)34-19/h1-8,13-15,18,29,33H,9-12,16H2. The number of phenols is 1. The minimum atomic E-state index is 0.208. The molecule has 0 atom stereocenters. The molecular weight excluding hydrogens is 494 g/mol. The van der Waals surface area contributed by atoms with Gasteiger partial charge in [-0.1, -0.05) is 30.3 Å². The van der Waals surface area contributed by atoms with Crippen molar-refractivity contribution in [1.29, 1.82) is 0 Å². The summed E-state index contributed by atoms with van der Waals surface area (Å²) in [5.41, 5.74) is 3.06. The highest BCUT2D eigenvalue weighted by Crippen LogP contribution is 2.32. The first kappa shape index (κ1) is 21.2. The van der Waals surface area contributed by atoms with E-state index in [9.17, 15) is 5.11 Å². The normalized spacial score (nSPS) is 15.3. The van der Waals surface area contributed by atoms with Crippen LogP contribution in [0.1, 0.15) is 18.6 Å². The Morgan fingerprint density at radius 3 is 2.68 bits per heavy atom. The molecule has 0 saturated carbocycles. The largest absolute Gasteiger partial charge is 0.507 e. The van der Waals surface area contributed by atoms with Gasteiger partial charge in [-0.2, -0.15) is 9.61 Å². The maximum absolute atomic E-state index is 10.4. The summed E-state index contributed by atoms with van der Waals surface area (Å²) in [6, 6.07) is 19.8. The first-order chi connectivity index (χ1) is 16.6. The molecule has 0 spiro atoms. The van der Waals surface area contributed by atoms with Gasteiger partial charge in [0, 0.05) is 36.1 Å². The molecule has 1 aliphatic rings. The molecule has 0 amide bonds. The van der Waals surface area contributed by atoms with Crippen molar-refractivity contribution in [3.8, 4) is 17.0 Å². The van der Waals surface area contributed by atoms with Crippen LogP contribution in [-0.2, 0) is 6.54 Å². The van der Waals surface area contributed by atoms with E-state index in [0.29, 0.717) is 22.9 Å². The minimum absolute atomic E-state index is 0.208. The number of phenolic OH excluding ortho intramolecular Hbond substituents is 1. The number of nitrogens with one attached hydrogen (secondary N) is 1. The number of aromatic hydroxyl groups is 1. The fourth-order valence-corrected chi connectivity index (χ4v) is 5.00. The summed E-state index contributed by atoms with van der Waals surface area (Å²) in [5.74, 6) is 2.08. The van der Waals surface area contributed by atoms with Crippen LogP contribution in [0.4, 0.5) is 5.82 Å². The van der Waals surface area contributed by atoms with Gasteiger partial charge in [0.15, 0.2) is 5.65 Å². The van der Waals surface area contributed by atoms with Crippen LogP contribution >= 0.6 is 15.9 Å². The SMILES string of the molecule is Oc1ccccc1-c1cc(NC2CCN(Cc3cc4ccccc4o3)CC2)n2ncc(Br)c2n1. The molecular formula is C26H24BrN5O2. The molecule has 2 aromatic carbocycles. The van der Waals surface area contributed by atoms with Gasteiger partial charge < -0.3 is 14.8 Å². The number of halogens is 1. The van der Waals surface area contributed by atoms with E-state index in [4.69, 9.17) is 9.40 Å². The molecule has 0 radical (unpaired) electrons. The van der Waals surface area contributed by atoms with Crippen LogP contribution in [-0.4, -0.2) is 43.7 Å². The van der Waals surface area contributed by atoms with Gasteiger partial charge in [-0.05, 0) is 53.0 Å². The van der Waals surface area contributed by atoms with Crippen molar-refractivity contribution in [2.75, 3.05) is 18.4 Å². The molecule has 0 unspecified atom stereocenters. The fourth-order valence-electron chi connectivity index (χ4n) is 4.65. The molecule has 1 aliphatic heterocycles. The van der Waals surface area contributed by atoms with Crippen molar-refractivity contribution in [1.82, 2.24) is 19.5 Å². The number of piperidine rings is 1. The Morgan fingerprint density at radius 2 is 1.85 bits per heavy atom. The van der Waals surface area contributed by atoms with E-state index in [1.165, 1.54) is 0 Å². The molecule has 1 fully saturated rings. The number of hydrogen-bond acceptors (Lipinski definition) is 6. The summed E-state index contributed by atoms with van der Waals surface area (Å²) < 4.78 is 8.64. The maximum atomic E-state index is 10.4. The fraction of sp³-hybridized carbons (Fsp3) is 0.231. The van der Waals surface area contributed by atoms with Gasteiger partial charge >= 0.3 is 0 Å². The number of fused-ring (bicyclic) bond motifs is 2. The van der Waals surface area contributed by atoms with Crippen molar-refractivity contribution in [3.05, 3.63) is 77.1 Å². The predicted molar refractivity (Wildman–Crippen MR) is 136 cm³/mol. The number of para-hydroxylation sites is 2. The second kappa shape index (κ2) is 8.77. The van der Waals surface area contributed by atoms with Gasteiger partial charge in [-0.15, -0.1) is 0 Å². The number of hydrogen-bond donors (Lipinski definition) is 2. The van der Waals surface area contributed by atoms with E-state index in [2.05, 4.69) is 43.4 Å². The molecule has 5 aromatic rings. The molecule has 4 heterocycles. The van der Waals surface area contributed by atoms with Crippen LogP contribution in [0.2, 0.25) is 0 Å². The summed E-state index contributed by atoms with van der Waals surface area (Å²) >= 11 is 3.55. The van der Waals surface area contributed by atoms with Crippen molar-refractivity contribution in [3.63, 3.8) is 0 Å². The summed E-state index contributed by atoms with van der Waals surface area (Å²) in [5, 5.41) is 19.7. The Kier molecular flexibility index (Phi) is 5.47. The number of likely N-dealkylation sites (tertiary alicyclic amines) is 1. The van der Waals surface area contributed by atoms with Gasteiger partial charge in [-0.3, -0.25) is 4.90 Å². The lowest BCUT2D eigenvalue weighted by atomic mass is 10.0. The van der Waals surface area contributed by atoms with Crippen molar-refractivity contribution in [2.24, 2.45) is 0 Å². The highest BCUT2D eigenvalue weighted by Gasteiger charge is 2.22. The molecule has 2 N–H and O–H groups in total. The smallest absolute Gasteiger partial charge is 0.172 e. The predicted octanol–water partition coefficient (Wildman–Crippen LogP) is 5.69. The quantitative estimate of drug-likeness (QED) is 0.312. The van der Waals surface area contributed by atoms with Gasteiger partial charge in [0.25, 0.3) is 0 Å². The summed E-state index contributed by atoms with van der Waals surface area (Å²) in [6.45, 7) is 2.79. The maximum Gasteiger partial charge on any atom is 0.172 e. The minimum Gasteiger partial charge on any atom is -0.507 e. The third-order valence-corrected chi connectivity index (χ3v) is 6.96. The van der Waals surface area contributed by atoms with Gasteiger partial charge in [-0.25, -0.2) is 4.98 Å². The van der Waals surface area contributed by atoms with E-state index in [-0.39, 0.29) is 5.75 Å². The Hall–Kier alpha value is -3.36. The zero-order valence-electron chi connectivity index (χ0n) is 18.5. The highest BCUT2D eigenvalue weighted by atomic mass is 79.9.